The number of rotatable bonds is 15. The van der Waals surface area contributed by atoms with E-state index in [0.717, 1.165) is 29.7 Å². The molecule has 0 aromatic heterocycles. The molecule has 0 unspecified atom stereocenters. The number of ether oxygens (including phenoxy) is 1. The lowest BCUT2D eigenvalue weighted by atomic mass is 10.0. The van der Waals surface area contributed by atoms with E-state index in [9.17, 15) is 22.4 Å². The van der Waals surface area contributed by atoms with E-state index in [1.54, 1.807) is 4.90 Å². The Hall–Kier alpha value is -4.70. The van der Waals surface area contributed by atoms with Crippen molar-refractivity contribution in [3.8, 4) is 5.75 Å². The SMILES string of the molecule is CC(C)CCNC(=O)[C@H](Cc1ccccc1)N(Cc1ccccc1)C(=O)COc1ccc(S(=O)(=O)Nc2ccc(F)cc2)cc1. The maximum absolute atomic E-state index is 13.8. The van der Waals surface area contributed by atoms with Gasteiger partial charge in [0.25, 0.3) is 15.9 Å². The van der Waals surface area contributed by atoms with Gasteiger partial charge in [0.2, 0.25) is 5.91 Å². The Kier molecular flexibility index (Phi) is 11.7. The Morgan fingerprint density at radius 1 is 0.822 bits per heavy atom. The second kappa shape index (κ2) is 15.9. The standard InChI is InChI=1S/C35H38FN3O5S/c1-26(2)21-22-37-35(41)33(23-27-9-5-3-6-10-27)39(24-28-11-7-4-8-12-28)34(40)25-44-31-17-19-32(20-18-31)45(42,43)38-30-15-13-29(36)14-16-30/h3-20,26,33,38H,21-25H2,1-2H3,(H,37,41)/t33-/m0/s1. The van der Waals surface area contributed by atoms with Crippen molar-refractivity contribution in [3.63, 3.8) is 0 Å². The van der Waals surface area contributed by atoms with Crippen molar-refractivity contribution in [3.05, 3.63) is 126 Å². The Morgan fingerprint density at radius 2 is 1.42 bits per heavy atom. The van der Waals surface area contributed by atoms with Gasteiger partial charge in [0.05, 0.1) is 4.90 Å². The van der Waals surface area contributed by atoms with Gasteiger partial charge < -0.3 is 15.0 Å². The highest BCUT2D eigenvalue weighted by Crippen LogP contribution is 2.21. The maximum atomic E-state index is 13.8. The van der Waals surface area contributed by atoms with Gasteiger partial charge in [-0.15, -0.1) is 0 Å². The number of nitrogens with zero attached hydrogens (tertiary/aromatic N) is 1. The molecular weight excluding hydrogens is 593 g/mol. The fourth-order valence-corrected chi connectivity index (χ4v) is 5.67. The van der Waals surface area contributed by atoms with E-state index < -0.39 is 27.8 Å². The molecule has 0 radical (unpaired) electrons. The Labute approximate surface area is 264 Å². The topological polar surface area (TPSA) is 105 Å². The highest BCUT2D eigenvalue weighted by Gasteiger charge is 2.30. The number of sulfonamides is 1. The molecule has 0 heterocycles. The molecule has 236 valence electrons. The molecule has 0 spiro atoms. The first-order valence-electron chi connectivity index (χ1n) is 14.8. The van der Waals surface area contributed by atoms with Crippen molar-refractivity contribution >= 4 is 27.5 Å². The Morgan fingerprint density at radius 3 is 2.02 bits per heavy atom. The molecule has 0 bridgehead atoms. The van der Waals surface area contributed by atoms with Gasteiger partial charge in [-0.2, -0.15) is 0 Å². The number of carbonyl (C=O) groups is 2. The van der Waals surface area contributed by atoms with Crippen LogP contribution in [0.5, 0.6) is 5.75 Å². The zero-order valence-electron chi connectivity index (χ0n) is 25.4. The molecule has 0 fully saturated rings. The second-order valence-electron chi connectivity index (χ2n) is 11.1. The van der Waals surface area contributed by atoms with E-state index >= 15 is 0 Å². The van der Waals surface area contributed by atoms with Gasteiger partial charge in [-0.05, 0) is 72.0 Å². The van der Waals surface area contributed by atoms with Gasteiger partial charge >= 0.3 is 0 Å². The maximum Gasteiger partial charge on any atom is 0.261 e. The molecule has 2 amide bonds. The lowest BCUT2D eigenvalue weighted by molar-refractivity contribution is -0.142. The van der Waals surface area contributed by atoms with Crippen LogP contribution in [0.4, 0.5) is 10.1 Å². The van der Waals surface area contributed by atoms with E-state index in [-0.39, 0.29) is 35.4 Å². The van der Waals surface area contributed by atoms with Crippen molar-refractivity contribution < 1.29 is 27.1 Å². The van der Waals surface area contributed by atoms with E-state index in [4.69, 9.17) is 4.74 Å². The quantitative estimate of drug-likeness (QED) is 0.172. The molecule has 0 saturated heterocycles. The summed E-state index contributed by atoms with van der Waals surface area (Å²) in [5.41, 5.74) is 2.00. The van der Waals surface area contributed by atoms with Crippen molar-refractivity contribution in [2.45, 2.75) is 44.2 Å². The average molecular weight is 632 g/mol. The molecule has 0 aliphatic rings. The normalized spacial score (nSPS) is 11.9. The summed E-state index contributed by atoms with van der Waals surface area (Å²) in [5.74, 6) is -0.423. The Balaban J connectivity index is 1.51. The van der Waals surface area contributed by atoms with Crippen LogP contribution in [0.15, 0.2) is 114 Å². The van der Waals surface area contributed by atoms with Crippen molar-refractivity contribution in [1.29, 1.82) is 0 Å². The van der Waals surface area contributed by atoms with E-state index in [1.165, 1.54) is 36.4 Å². The molecular formula is C35H38FN3O5S. The van der Waals surface area contributed by atoms with Crippen LogP contribution in [0.1, 0.15) is 31.4 Å². The van der Waals surface area contributed by atoms with Gasteiger partial charge in [0.1, 0.15) is 17.6 Å². The third-order valence-electron chi connectivity index (χ3n) is 7.08. The minimum Gasteiger partial charge on any atom is -0.484 e. The van der Waals surface area contributed by atoms with Crippen LogP contribution in [-0.4, -0.2) is 44.3 Å². The van der Waals surface area contributed by atoms with Crippen molar-refractivity contribution in [1.82, 2.24) is 10.2 Å². The lowest BCUT2D eigenvalue weighted by Crippen LogP contribution is -2.52. The van der Waals surface area contributed by atoms with Crippen LogP contribution in [0.25, 0.3) is 0 Å². The van der Waals surface area contributed by atoms with Crippen molar-refractivity contribution in [2.75, 3.05) is 17.9 Å². The molecule has 4 aromatic rings. The predicted octanol–water partition coefficient (Wildman–Crippen LogP) is 5.81. The number of benzene rings is 4. The summed E-state index contributed by atoms with van der Waals surface area (Å²) in [4.78, 5) is 28.9. The zero-order valence-corrected chi connectivity index (χ0v) is 26.2. The van der Waals surface area contributed by atoms with E-state index in [2.05, 4.69) is 23.9 Å². The summed E-state index contributed by atoms with van der Waals surface area (Å²) < 4.78 is 47.0. The monoisotopic (exact) mass is 631 g/mol. The van der Waals surface area contributed by atoms with Crippen LogP contribution in [-0.2, 0) is 32.6 Å². The number of carbonyl (C=O) groups excluding carboxylic acids is 2. The summed E-state index contributed by atoms with van der Waals surface area (Å²) in [6.07, 6.45) is 1.13. The summed E-state index contributed by atoms with van der Waals surface area (Å²) in [7, 11) is -3.93. The highest BCUT2D eigenvalue weighted by atomic mass is 32.2. The molecule has 45 heavy (non-hydrogen) atoms. The third-order valence-corrected chi connectivity index (χ3v) is 8.48. The van der Waals surface area contributed by atoms with E-state index in [1.807, 2.05) is 60.7 Å². The largest absolute Gasteiger partial charge is 0.484 e. The molecule has 0 aliphatic heterocycles. The van der Waals surface area contributed by atoms with Crippen LogP contribution < -0.4 is 14.8 Å². The van der Waals surface area contributed by atoms with E-state index in [0.29, 0.717) is 18.9 Å². The summed E-state index contributed by atoms with van der Waals surface area (Å²) in [6.45, 7) is 4.50. The van der Waals surface area contributed by atoms with Crippen LogP contribution in [0.3, 0.4) is 0 Å². The molecule has 2 N–H and O–H groups in total. The molecule has 4 aromatic carbocycles. The van der Waals surface area contributed by atoms with Gasteiger partial charge in [-0.25, -0.2) is 12.8 Å². The number of hydrogen-bond acceptors (Lipinski definition) is 5. The van der Waals surface area contributed by atoms with Gasteiger partial charge in [0.15, 0.2) is 6.61 Å². The Bertz CT molecular complexity index is 1630. The van der Waals surface area contributed by atoms with Gasteiger partial charge in [0, 0.05) is 25.2 Å². The van der Waals surface area contributed by atoms with Crippen molar-refractivity contribution in [2.24, 2.45) is 5.92 Å². The summed E-state index contributed by atoms with van der Waals surface area (Å²) in [5, 5.41) is 3.01. The minimum absolute atomic E-state index is 0.0304. The first-order chi connectivity index (χ1) is 21.6. The summed E-state index contributed by atoms with van der Waals surface area (Å²) >= 11 is 0. The molecule has 10 heteroatoms. The molecule has 8 nitrogen and oxygen atoms in total. The number of halogens is 1. The lowest BCUT2D eigenvalue weighted by Gasteiger charge is -2.31. The smallest absolute Gasteiger partial charge is 0.261 e. The highest BCUT2D eigenvalue weighted by molar-refractivity contribution is 7.92. The first kappa shape index (κ1) is 33.2. The van der Waals surface area contributed by atoms with Crippen LogP contribution in [0.2, 0.25) is 0 Å². The number of nitrogens with one attached hydrogen (secondary N) is 2. The minimum atomic E-state index is -3.93. The zero-order chi connectivity index (χ0) is 32.2. The summed E-state index contributed by atoms with van der Waals surface area (Å²) in [6, 6.07) is 28.8. The number of anilines is 1. The first-order valence-corrected chi connectivity index (χ1v) is 16.3. The molecule has 1 atom stereocenters. The van der Waals surface area contributed by atoms with Gasteiger partial charge in [-0.3, -0.25) is 14.3 Å². The molecule has 4 rings (SSSR count). The molecule has 0 aliphatic carbocycles. The molecule has 0 saturated carbocycles. The average Bonchev–Trinajstić information content (AvgIpc) is 3.03. The third kappa shape index (κ3) is 10.2. The fraction of sp³-hybridized carbons (Fsp3) is 0.257. The number of amides is 2. The fourth-order valence-electron chi connectivity index (χ4n) is 4.61. The number of hydrogen-bond donors (Lipinski definition) is 2. The van der Waals surface area contributed by atoms with Crippen LogP contribution in [0, 0.1) is 11.7 Å². The van der Waals surface area contributed by atoms with Crippen LogP contribution >= 0.6 is 0 Å². The predicted molar refractivity (Wildman–Crippen MR) is 173 cm³/mol. The second-order valence-corrected chi connectivity index (χ2v) is 12.7. The van der Waals surface area contributed by atoms with Gasteiger partial charge in [-0.1, -0.05) is 74.5 Å².